The van der Waals surface area contributed by atoms with Crippen LogP contribution in [0.25, 0.3) is 10.9 Å². The number of nitrogens with one attached hydrogen (secondary N) is 3. The molecule has 0 aliphatic carbocycles. The van der Waals surface area contributed by atoms with Gasteiger partial charge in [0.1, 0.15) is 5.69 Å². The third-order valence-corrected chi connectivity index (χ3v) is 3.74. The van der Waals surface area contributed by atoms with Gasteiger partial charge in [0.2, 0.25) is 0 Å². The van der Waals surface area contributed by atoms with E-state index >= 15 is 0 Å². The Bertz CT molecular complexity index is 936. The maximum absolute atomic E-state index is 12.3. The first-order valence-corrected chi connectivity index (χ1v) is 8.07. The van der Waals surface area contributed by atoms with Gasteiger partial charge in [-0.15, -0.1) is 0 Å². The first kappa shape index (κ1) is 16.9. The highest BCUT2D eigenvalue weighted by Crippen LogP contribution is 2.28. The molecule has 0 radical (unpaired) electrons. The van der Waals surface area contributed by atoms with Crippen molar-refractivity contribution in [2.45, 2.75) is 6.92 Å². The summed E-state index contributed by atoms with van der Waals surface area (Å²) < 4.78 is 5.05. The van der Waals surface area contributed by atoms with Gasteiger partial charge in [0.25, 0.3) is 0 Å². The molecule has 2 aromatic carbocycles. The van der Waals surface area contributed by atoms with Crippen molar-refractivity contribution in [2.24, 2.45) is 0 Å². The first-order valence-electron chi connectivity index (χ1n) is 7.70. The fourth-order valence-electron chi connectivity index (χ4n) is 2.47. The molecule has 0 unspecified atom stereocenters. The SMILES string of the molecule is CCOC(=O)c1[nH]c2ccccc2c1NC(=O)Nc1cccc(Cl)c1. The summed E-state index contributed by atoms with van der Waals surface area (Å²) in [5, 5.41) is 6.62. The molecule has 0 bridgehead atoms. The van der Waals surface area contributed by atoms with Gasteiger partial charge in [-0.25, -0.2) is 9.59 Å². The number of para-hydroxylation sites is 1. The molecule has 1 aromatic heterocycles. The zero-order valence-corrected chi connectivity index (χ0v) is 14.2. The minimum Gasteiger partial charge on any atom is -0.461 e. The Balaban J connectivity index is 1.90. The average Bonchev–Trinajstić information content (AvgIpc) is 2.94. The van der Waals surface area contributed by atoms with Crippen LogP contribution < -0.4 is 10.6 Å². The quantitative estimate of drug-likeness (QED) is 0.595. The van der Waals surface area contributed by atoms with Gasteiger partial charge in [0, 0.05) is 21.6 Å². The monoisotopic (exact) mass is 357 g/mol. The molecule has 0 aliphatic rings. The minimum absolute atomic E-state index is 0.198. The summed E-state index contributed by atoms with van der Waals surface area (Å²) in [6.07, 6.45) is 0. The Kier molecular flexibility index (Phi) is 4.90. The van der Waals surface area contributed by atoms with Gasteiger partial charge >= 0.3 is 12.0 Å². The van der Waals surface area contributed by atoms with Crippen molar-refractivity contribution in [1.29, 1.82) is 0 Å². The number of amides is 2. The van der Waals surface area contributed by atoms with Crippen molar-refractivity contribution >= 4 is 45.9 Å². The first-order chi connectivity index (χ1) is 12.1. The topological polar surface area (TPSA) is 83.2 Å². The van der Waals surface area contributed by atoms with Crippen LogP contribution in [0.2, 0.25) is 5.02 Å². The number of anilines is 2. The number of aromatic amines is 1. The number of urea groups is 1. The lowest BCUT2D eigenvalue weighted by Gasteiger charge is -2.09. The standard InChI is InChI=1S/C18H16ClN3O3/c1-2-25-17(23)16-15(13-8-3-4-9-14(13)21-16)22-18(24)20-12-7-5-6-11(19)10-12/h3-10,21H,2H2,1H3,(H2,20,22,24). The number of hydrogen-bond acceptors (Lipinski definition) is 3. The number of aromatic nitrogens is 1. The average molecular weight is 358 g/mol. The maximum Gasteiger partial charge on any atom is 0.356 e. The molecular formula is C18H16ClN3O3. The molecule has 3 rings (SSSR count). The van der Waals surface area contributed by atoms with Crippen LogP contribution in [-0.2, 0) is 4.74 Å². The van der Waals surface area contributed by atoms with Crippen LogP contribution in [-0.4, -0.2) is 23.6 Å². The van der Waals surface area contributed by atoms with Gasteiger partial charge in [0.15, 0.2) is 0 Å². The van der Waals surface area contributed by atoms with Crippen LogP contribution in [0.1, 0.15) is 17.4 Å². The van der Waals surface area contributed by atoms with E-state index in [1.807, 2.05) is 24.3 Å². The van der Waals surface area contributed by atoms with E-state index in [-0.39, 0.29) is 12.3 Å². The Morgan fingerprint density at radius 2 is 1.92 bits per heavy atom. The molecule has 0 atom stereocenters. The second-order valence-corrected chi connectivity index (χ2v) is 5.67. The van der Waals surface area contributed by atoms with Gasteiger partial charge in [-0.3, -0.25) is 0 Å². The van der Waals surface area contributed by atoms with Crippen molar-refractivity contribution in [3.05, 3.63) is 59.2 Å². The highest BCUT2D eigenvalue weighted by atomic mass is 35.5. The van der Waals surface area contributed by atoms with E-state index in [1.54, 1.807) is 31.2 Å². The highest BCUT2D eigenvalue weighted by molar-refractivity contribution is 6.31. The van der Waals surface area contributed by atoms with Crippen LogP contribution in [0.15, 0.2) is 48.5 Å². The molecule has 0 fully saturated rings. The van der Waals surface area contributed by atoms with Crippen molar-refractivity contribution in [1.82, 2.24) is 4.98 Å². The Labute approximate surface area is 149 Å². The number of fused-ring (bicyclic) bond motifs is 1. The van der Waals surface area contributed by atoms with Gasteiger partial charge in [-0.05, 0) is 31.2 Å². The molecule has 7 heteroatoms. The molecule has 3 N–H and O–H groups in total. The van der Waals surface area contributed by atoms with Gasteiger partial charge in [0.05, 0.1) is 12.3 Å². The predicted octanol–water partition coefficient (Wildman–Crippen LogP) is 4.64. The number of rotatable bonds is 4. The van der Waals surface area contributed by atoms with Crippen molar-refractivity contribution in [2.75, 3.05) is 17.2 Å². The lowest BCUT2D eigenvalue weighted by molar-refractivity contribution is 0.0522. The van der Waals surface area contributed by atoms with E-state index < -0.39 is 12.0 Å². The Morgan fingerprint density at radius 3 is 2.68 bits per heavy atom. The van der Waals surface area contributed by atoms with E-state index in [1.165, 1.54) is 0 Å². The van der Waals surface area contributed by atoms with Gasteiger partial charge < -0.3 is 20.4 Å². The summed E-state index contributed by atoms with van der Waals surface area (Å²) in [7, 11) is 0. The van der Waals surface area contributed by atoms with Crippen molar-refractivity contribution in [3.8, 4) is 0 Å². The van der Waals surface area contributed by atoms with Crippen molar-refractivity contribution < 1.29 is 14.3 Å². The minimum atomic E-state index is -0.531. The number of benzene rings is 2. The second kappa shape index (κ2) is 7.27. The smallest absolute Gasteiger partial charge is 0.356 e. The molecular weight excluding hydrogens is 342 g/mol. The number of carbonyl (C=O) groups is 2. The van der Waals surface area contributed by atoms with Crippen LogP contribution in [0.5, 0.6) is 0 Å². The predicted molar refractivity (Wildman–Crippen MR) is 98.3 cm³/mol. The third-order valence-electron chi connectivity index (χ3n) is 3.51. The second-order valence-electron chi connectivity index (χ2n) is 5.23. The zero-order chi connectivity index (χ0) is 17.8. The molecule has 3 aromatic rings. The summed E-state index contributed by atoms with van der Waals surface area (Å²) in [4.78, 5) is 27.5. The van der Waals surface area contributed by atoms with E-state index in [2.05, 4.69) is 15.6 Å². The molecule has 2 amide bonds. The number of H-pyrrole nitrogens is 1. The molecule has 0 saturated carbocycles. The summed E-state index contributed by atoms with van der Waals surface area (Å²) in [6, 6.07) is 13.6. The number of hydrogen-bond donors (Lipinski definition) is 3. The lowest BCUT2D eigenvalue weighted by Crippen LogP contribution is -2.21. The van der Waals surface area contributed by atoms with Gasteiger partial charge in [-0.2, -0.15) is 0 Å². The number of esters is 1. The summed E-state index contributed by atoms with van der Waals surface area (Å²) >= 11 is 5.91. The van der Waals surface area contributed by atoms with Crippen LogP contribution in [0.4, 0.5) is 16.2 Å². The maximum atomic E-state index is 12.3. The summed E-state index contributed by atoms with van der Waals surface area (Å²) in [5.41, 5.74) is 1.84. The number of carbonyl (C=O) groups excluding carboxylic acids is 2. The molecule has 128 valence electrons. The van der Waals surface area contributed by atoms with Gasteiger partial charge in [-0.1, -0.05) is 35.9 Å². The zero-order valence-electron chi connectivity index (χ0n) is 13.4. The van der Waals surface area contributed by atoms with Crippen molar-refractivity contribution in [3.63, 3.8) is 0 Å². The molecule has 0 spiro atoms. The Morgan fingerprint density at radius 1 is 1.12 bits per heavy atom. The third kappa shape index (κ3) is 3.75. The van der Waals surface area contributed by atoms with Crippen LogP contribution in [0.3, 0.4) is 0 Å². The fourth-order valence-corrected chi connectivity index (χ4v) is 2.66. The summed E-state index contributed by atoms with van der Waals surface area (Å²) in [6.45, 7) is 1.96. The lowest BCUT2D eigenvalue weighted by atomic mass is 10.2. The van der Waals surface area contributed by atoms with E-state index in [0.29, 0.717) is 21.8 Å². The Hall–Kier alpha value is -2.99. The molecule has 0 aliphatic heterocycles. The molecule has 25 heavy (non-hydrogen) atoms. The van der Waals surface area contributed by atoms with Crippen LogP contribution >= 0.6 is 11.6 Å². The largest absolute Gasteiger partial charge is 0.461 e. The van der Waals surface area contributed by atoms with Crippen LogP contribution in [0, 0.1) is 0 Å². The highest BCUT2D eigenvalue weighted by Gasteiger charge is 2.20. The normalized spacial score (nSPS) is 10.5. The van der Waals surface area contributed by atoms with E-state index in [9.17, 15) is 9.59 Å². The molecule has 1 heterocycles. The number of halogens is 1. The summed E-state index contributed by atoms with van der Waals surface area (Å²) in [5.74, 6) is -0.531. The number of ether oxygens (including phenoxy) is 1. The fraction of sp³-hybridized carbons (Fsp3) is 0.111. The molecule has 0 saturated heterocycles. The van der Waals surface area contributed by atoms with E-state index in [0.717, 1.165) is 5.52 Å². The van der Waals surface area contributed by atoms with E-state index in [4.69, 9.17) is 16.3 Å². The molecule has 6 nitrogen and oxygen atoms in total.